The molecule has 0 saturated carbocycles. The molecule has 4 nitrogen and oxygen atoms in total. The predicted octanol–water partition coefficient (Wildman–Crippen LogP) is 2.40. The number of morpholine rings is 1. The van der Waals surface area contributed by atoms with Crippen LogP contribution in [-0.2, 0) is 4.74 Å². The second kappa shape index (κ2) is 5.28. The molecule has 0 radical (unpaired) electrons. The summed E-state index contributed by atoms with van der Waals surface area (Å²) in [6, 6.07) is 4.91. The lowest BCUT2D eigenvalue weighted by atomic mass is 10.1. The SMILES string of the molecule is C[C@H]1CN(C(=O)c2ccc(Br)cc2O)C[C@H](C)O1. The zero-order valence-electron chi connectivity index (χ0n) is 10.4. The third kappa shape index (κ3) is 2.84. The molecule has 0 unspecified atom stereocenters. The van der Waals surface area contributed by atoms with Crippen molar-refractivity contribution >= 4 is 21.8 Å². The summed E-state index contributed by atoms with van der Waals surface area (Å²) in [5.74, 6) is -0.150. The molecule has 1 aliphatic heterocycles. The fourth-order valence-electron chi connectivity index (χ4n) is 2.20. The second-order valence-corrected chi connectivity index (χ2v) is 5.54. The highest BCUT2D eigenvalue weighted by atomic mass is 79.9. The van der Waals surface area contributed by atoms with E-state index in [1.54, 1.807) is 17.0 Å². The Bertz CT molecular complexity index is 454. The molecule has 0 spiro atoms. The smallest absolute Gasteiger partial charge is 0.257 e. The summed E-state index contributed by atoms with van der Waals surface area (Å²) in [7, 11) is 0. The van der Waals surface area contributed by atoms with Crippen molar-refractivity contribution in [2.75, 3.05) is 13.1 Å². The number of benzene rings is 1. The lowest BCUT2D eigenvalue weighted by Crippen LogP contribution is -2.48. The highest BCUT2D eigenvalue weighted by Gasteiger charge is 2.27. The fraction of sp³-hybridized carbons (Fsp3) is 0.462. The molecule has 1 aromatic carbocycles. The maximum absolute atomic E-state index is 12.3. The van der Waals surface area contributed by atoms with E-state index in [0.29, 0.717) is 18.7 Å². The fourth-order valence-corrected chi connectivity index (χ4v) is 2.55. The van der Waals surface area contributed by atoms with Crippen LogP contribution in [0.1, 0.15) is 24.2 Å². The minimum absolute atomic E-state index is 0.00109. The van der Waals surface area contributed by atoms with Gasteiger partial charge >= 0.3 is 0 Å². The van der Waals surface area contributed by atoms with Gasteiger partial charge in [-0.05, 0) is 32.0 Å². The molecule has 2 atom stereocenters. The van der Waals surface area contributed by atoms with Crippen molar-refractivity contribution in [3.05, 3.63) is 28.2 Å². The lowest BCUT2D eigenvalue weighted by molar-refractivity contribution is -0.0586. The number of carbonyl (C=O) groups excluding carboxylic acids is 1. The molecule has 0 aliphatic carbocycles. The van der Waals surface area contributed by atoms with E-state index in [-0.39, 0.29) is 23.9 Å². The van der Waals surface area contributed by atoms with Crippen LogP contribution in [0.25, 0.3) is 0 Å². The third-order valence-electron chi connectivity index (χ3n) is 2.90. The molecule has 1 N–H and O–H groups in total. The molecule has 1 heterocycles. The summed E-state index contributed by atoms with van der Waals surface area (Å²) >= 11 is 3.26. The number of aromatic hydroxyl groups is 1. The van der Waals surface area contributed by atoms with Crippen molar-refractivity contribution in [2.45, 2.75) is 26.1 Å². The largest absolute Gasteiger partial charge is 0.507 e. The number of phenolic OH excluding ortho intramolecular Hbond substituents is 1. The summed E-state index contributed by atoms with van der Waals surface area (Å²) in [5.41, 5.74) is 0.333. The van der Waals surface area contributed by atoms with Gasteiger partial charge in [0, 0.05) is 17.6 Å². The molecule has 1 saturated heterocycles. The number of ether oxygens (including phenoxy) is 1. The topological polar surface area (TPSA) is 49.8 Å². The first-order valence-corrected chi connectivity index (χ1v) is 6.70. The molecule has 5 heteroatoms. The number of hydrogen-bond donors (Lipinski definition) is 1. The van der Waals surface area contributed by atoms with Crippen LogP contribution in [0.4, 0.5) is 0 Å². The highest BCUT2D eigenvalue weighted by Crippen LogP contribution is 2.24. The zero-order valence-corrected chi connectivity index (χ0v) is 12.0. The van der Waals surface area contributed by atoms with Gasteiger partial charge in [-0.3, -0.25) is 4.79 Å². The van der Waals surface area contributed by atoms with Crippen molar-refractivity contribution in [3.63, 3.8) is 0 Å². The van der Waals surface area contributed by atoms with Crippen molar-refractivity contribution < 1.29 is 14.6 Å². The maximum atomic E-state index is 12.3. The van der Waals surface area contributed by atoms with Gasteiger partial charge in [-0.2, -0.15) is 0 Å². The van der Waals surface area contributed by atoms with Crippen molar-refractivity contribution in [1.82, 2.24) is 4.90 Å². The van der Waals surface area contributed by atoms with Crippen molar-refractivity contribution in [3.8, 4) is 5.75 Å². The Labute approximate surface area is 115 Å². The summed E-state index contributed by atoms with van der Waals surface area (Å²) < 4.78 is 6.34. The first kappa shape index (κ1) is 13.4. The third-order valence-corrected chi connectivity index (χ3v) is 3.39. The highest BCUT2D eigenvalue weighted by molar-refractivity contribution is 9.10. The van der Waals surface area contributed by atoms with E-state index in [2.05, 4.69) is 15.9 Å². The van der Waals surface area contributed by atoms with E-state index in [1.807, 2.05) is 13.8 Å². The molecule has 1 fully saturated rings. The average molecular weight is 314 g/mol. The van der Waals surface area contributed by atoms with Crippen LogP contribution in [0.5, 0.6) is 5.75 Å². The predicted molar refractivity (Wildman–Crippen MR) is 71.7 cm³/mol. The molecular weight excluding hydrogens is 298 g/mol. The zero-order chi connectivity index (χ0) is 13.3. The minimum Gasteiger partial charge on any atom is -0.507 e. The number of nitrogens with zero attached hydrogens (tertiary/aromatic N) is 1. The number of amides is 1. The first-order chi connectivity index (χ1) is 8.47. The van der Waals surface area contributed by atoms with Crippen LogP contribution in [-0.4, -0.2) is 41.2 Å². The van der Waals surface area contributed by atoms with Crippen molar-refractivity contribution in [2.24, 2.45) is 0 Å². The Balaban J connectivity index is 2.20. The van der Waals surface area contributed by atoms with Crippen LogP contribution in [0, 0.1) is 0 Å². The van der Waals surface area contributed by atoms with Gasteiger partial charge < -0.3 is 14.7 Å². The van der Waals surface area contributed by atoms with Gasteiger partial charge in [0.1, 0.15) is 5.75 Å². The molecule has 18 heavy (non-hydrogen) atoms. The van der Waals surface area contributed by atoms with E-state index >= 15 is 0 Å². The molecule has 1 aromatic rings. The Morgan fingerprint density at radius 1 is 1.39 bits per heavy atom. The molecule has 1 aliphatic rings. The first-order valence-electron chi connectivity index (χ1n) is 5.90. The van der Waals surface area contributed by atoms with Crippen molar-refractivity contribution in [1.29, 1.82) is 0 Å². The molecule has 2 rings (SSSR count). The van der Waals surface area contributed by atoms with Crippen LogP contribution in [0.2, 0.25) is 0 Å². The maximum Gasteiger partial charge on any atom is 0.257 e. The monoisotopic (exact) mass is 313 g/mol. The number of carbonyl (C=O) groups is 1. The molecule has 0 bridgehead atoms. The van der Waals surface area contributed by atoms with E-state index in [0.717, 1.165) is 4.47 Å². The lowest BCUT2D eigenvalue weighted by Gasteiger charge is -2.35. The minimum atomic E-state index is -0.151. The summed E-state index contributed by atoms with van der Waals surface area (Å²) in [6.07, 6.45) is 0.0468. The number of phenols is 1. The number of halogens is 1. The quantitative estimate of drug-likeness (QED) is 0.866. The Morgan fingerprint density at radius 3 is 2.56 bits per heavy atom. The van der Waals surface area contributed by atoms with Gasteiger partial charge in [-0.1, -0.05) is 15.9 Å². The van der Waals surface area contributed by atoms with E-state index in [1.165, 1.54) is 6.07 Å². The Morgan fingerprint density at radius 2 is 2.00 bits per heavy atom. The van der Waals surface area contributed by atoms with Crippen LogP contribution in [0.3, 0.4) is 0 Å². The van der Waals surface area contributed by atoms with Gasteiger partial charge in [0.15, 0.2) is 0 Å². The van der Waals surface area contributed by atoms with Crippen LogP contribution in [0.15, 0.2) is 22.7 Å². The van der Waals surface area contributed by atoms with Gasteiger partial charge in [0.25, 0.3) is 5.91 Å². The number of rotatable bonds is 1. The van der Waals surface area contributed by atoms with Crippen LogP contribution < -0.4 is 0 Å². The molecular formula is C13H16BrNO3. The van der Waals surface area contributed by atoms with E-state index in [9.17, 15) is 9.90 Å². The summed E-state index contributed by atoms with van der Waals surface area (Å²) in [5, 5.41) is 9.82. The standard InChI is InChI=1S/C13H16BrNO3/c1-8-6-15(7-9(2)18-8)13(17)11-4-3-10(14)5-12(11)16/h3-5,8-9,16H,6-7H2,1-2H3/t8-,9-/m0/s1. The van der Waals surface area contributed by atoms with Gasteiger partial charge in [0.2, 0.25) is 0 Å². The molecule has 0 aromatic heterocycles. The Kier molecular flexibility index (Phi) is 3.92. The summed E-state index contributed by atoms with van der Waals surface area (Å²) in [4.78, 5) is 14.0. The van der Waals surface area contributed by atoms with Gasteiger partial charge in [-0.25, -0.2) is 0 Å². The molecule has 1 amide bonds. The molecule has 98 valence electrons. The van der Waals surface area contributed by atoms with Crippen LogP contribution >= 0.6 is 15.9 Å². The number of hydrogen-bond acceptors (Lipinski definition) is 3. The van der Waals surface area contributed by atoms with Gasteiger partial charge in [0.05, 0.1) is 17.8 Å². The average Bonchev–Trinajstić information content (AvgIpc) is 2.26. The normalized spacial score (nSPS) is 24.1. The van der Waals surface area contributed by atoms with E-state index in [4.69, 9.17) is 4.74 Å². The second-order valence-electron chi connectivity index (χ2n) is 4.63. The Hall–Kier alpha value is -1.07. The summed E-state index contributed by atoms with van der Waals surface area (Å²) in [6.45, 7) is 4.99. The van der Waals surface area contributed by atoms with Gasteiger partial charge in [-0.15, -0.1) is 0 Å². The van der Waals surface area contributed by atoms with E-state index < -0.39 is 0 Å².